The maximum atomic E-state index is 10.2. The van der Waals surface area contributed by atoms with E-state index in [1.54, 1.807) is 11.3 Å². The molecule has 2 aromatic rings. The average molecular weight is 276 g/mol. The molecule has 0 bridgehead atoms. The molecule has 1 atom stereocenters. The van der Waals surface area contributed by atoms with Crippen molar-refractivity contribution in [2.24, 2.45) is 0 Å². The van der Waals surface area contributed by atoms with Gasteiger partial charge >= 0.3 is 0 Å². The fourth-order valence-electron chi connectivity index (χ4n) is 2.13. The Morgan fingerprint density at radius 2 is 2.00 bits per heavy atom. The third kappa shape index (κ3) is 3.62. The first-order valence-electron chi connectivity index (χ1n) is 6.45. The van der Waals surface area contributed by atoms with Gasteiger partial charge in [-0.3, -0.25) is 0 Å². The lowest BCUT2D eigenvalue weighted by molar-refractivity contribution is 0.173. The number of hydrogen-bond donors (Lipinski definition) is 2. The summed E-state index contributed by atoms with van der Waals surface area (Å²) in [4.78, 5) is 5.64. The largest absolute Gasteiger partial charge is 0.387 e. The van der Waals surface area contributed by atoms with Crippen molar-refractivity contribution in [2.45, 2.75) is 33.4 Å². The monoisotopic (exact) mass is 276 g/mol. The van der Waals surface area contributed by atoms with Crippen molar-refractivity contribution < 1.29 is 5.11 Å². The molecular formula is C15H20N2OS. The number of nitrogens with one attached hydrogen (secondary N) is 1. The van der Waals surface area contributed by atoms with Crippen LogP contribution in [0.1, 0.15) is 32.8 Å². The van der Waals surface area contributed by atoms with Gasteiger partial charge in [0.15, 0.2) is 0 Å². The molecule has 1 unspecified atom stereocenters. The first-order valence-corrected chi connectivity index (χ1v) is 7.27. The maximum absolute atomic E-state index is 10.2. The lowest BCUT2D eigenvalue weighted by Crippen LogP contribution is -2.21. The molecular weight excluding hydrogens is 256 g/mol. The Morgan fingerprint density at radius 1 is 1.26 bits per heavy atom. The van der Waals surface area contributed by atoms with Gasteiger partial charge in [0.05, 0.1) is 16.8 Å². The minimum atomic E-state index is -0.462. The van der Waals surface area contributed by atoms with Gasteiger partial charge in [0.25, 0.3) is 0 Å². The minimum absolute atomic E-state index is 0.462. The highest BCUT2D eigenvalue weighted by Gasteiger charge is 2.10. The highest BCUT2D eigenvalue weighted by Crippen LogP contribution is 2.18. The molecule has 102 valence electrons. The lowest BCUT2D eigenvalue weighted by Gasteiger charge is -2.14. The Bertz CT molecular complexity index is 551. The van der Waals surface area contributed by atoms with Crippen molar-refractivity contribution in [1.82, 2.24) is 10.3 Å². The number of benzene rings is 1. The van der Waals surface area contributed by atoms with Crippen LogP contribution in [0, 0.1) is 20.8 Å². The molecule has 0 fully saturated rings. The van der Waals surface area contributed by atoms with E-state index in [4.69, 9.17) is 0 Å². The number of aromatic nitrogens is 1. The van der Waals surface area contributed by atoms with Crippen molar-refractivity contribution in [3.05, 3.63) is 51.0 Å². The zero-order valence-corrected chi connectivity index (χ0v) is 12.4. The van der Waals surface area contributed by atoms with E-state index in [1.165, 1.54) is 4.88 Å². The van der Waals surface area contributed by atoms with Crippen LogP contribution in [0.25, 0.3) is 0 Å². The molecule has 2 rings (SSSR count). The van der Waals surface area contributed by atoms with Crippen molar-refractivity contribution >= 4 is 11.3 Å². The summed E-state index contributed by atoms with van der Waals surface area (Å²) < 4.78 is 0. The quantitative estimate of drug-likeness (QED) is 0.882. The van der Waals surface area contributed by atoms with Crippen molar-refractivity contribution in [1.29, 1.82) is 0 Å². The summed E-state index contributed by atoms with van der Waals surface area (Å²) in [6.07, 6.45) is -0.462. The number of aryl methyl sites for hydroxylation is 3. The third-order valence-electron chi connectivity index (χ3n) is 3.17. The van der Waals surface area contributed by atoms with E-state index < -0.39 is 6.10 Å². The summed E-state index contributed by atoms with van der Waals surface area (Å²) in [5.41, 5.74) is 3.20. The van der Waals surface area contributed by atoms with Crippen LogP contribution in [0.15, 0.2) is 24.3 Å². The molecule has 0 amide bonds. The fourth-order valence-corrected chi connectivity index (χ4v) is 3.04. The molecule has 1 aromatic carbocycles. The Kier molecular flexibility index (Phi) is 4.69. The molecule has 2 N–H and O–H groups in total. The summed E-state index contributed by atoms with van der Waals surface area (Å²) in [5.74, 6) is 0. The predicted octanol–water partition coefficient (Wildman–Crippen LogP) is 2.89. The molecule has 0 aliphatic heterocycles. The molecule has 0 aliphatic carbocycles. The second-order valence-electron chi connectivity index (χ2n) is 4.74. The Labute approximate surface area is 118 Å². The number of aliphatic hydroxyl groups excluding tert-OH is 1. The van der Waals surface area contributed by atoms with Crippen LogP contribution in [0.2, 0.25) is 0 Å². The van der Waals surface area contributed by atoms with Crippen molar-refractivity contribution in [2.75, 3.05) is 6.54 Å². The Balaban J connectivity index is 1.89. The number of aliphatic hydroxyl groups is 1. The predicted molar refractivity (Wildman–Crippen MR) is 79.4 cm³/mol. The van der Waals surface area contributed by atoms with E-state index in [-0.39, 0.29) is 0 Å². The molecule has 0 saturated heterocycles. The van der Waals surface area contributed by atoms with E-state index in [0.717, 1.165) is 28.4 Å². The molecule has 19 heavy (non-hydrogen) atoms. The van der Waals surface area contributed by atoms with E-state index in [0.29, 0.717) is 6.54 Å². The number of rotatable bonds is 5. The number of thiazole rings is 1. The van der Waals surface area contributed by atoms with Crippen LogP contribution in [0.5, 0.6) is 0 Å². The van der Waals surface area contributed by atoms with E-state index in [9.17, 15) is 5.11 Å². The van der Waals surface area contributed by atoms with Crippen LogP contribution in [-0.2, 0) is 6.54 Å². The van der Waals surface area contributed by atoms with Crippen LogP contribution >= 0.6 is 11.3 Å². The van der Waals surface area contributed by atoms with Gasteiger partial charge < -0.3 is 10.4 Å². The summed E-state index contributed by atoms with van der Waals surface area (Å²) in [6.45, 7) is 7.39. The SMILES string of the molecule is Cc1nc(C)c(CNCC(O)c2ccccc2C)s1. The highest BCUT2D eigenvalue weighted by atomic mass is 32.1. The van der Waals surface area contributed by atoms with Gasteiger partial charge in [-0.2, -0.15) is 0 Å². The van der Waals surface area contributed by atoms with Gasteiger partial charge in [0.1, 0.15) is 0 Å². The minimum Gasteiger partial charge on any atom is -0.387 e. The van der Waals surface area contributed by atoms with Gasteiger partial charge in [-0.15, -0.1) is 11.3 Å². The second-order valence-corrected chi connectivity index (χ2v) is 6.03. The highest BCUT2D eigenvalue weighted by molar-refractivity contribution is 7.11. The molecule has 0 radical (unpaired) electrons. The molecule has 0 saturated carbocycles. The van der Waals surface area contributed by atoms with Crippen molar-refractivity contribution in [3.8, 4) is 0 Å². The standard InChI is InChI=1S/C15H20N2OS/c1-10-6-4-5-7-13(10)14(18)8-16-9-15-11(2)17-12(3)19-15/h4-7,14,16,18H,8-9H2,1-3H3. The molecule has 4 heteroatoms. The zero-order chi connectivity index (χ0) is 13.8. The number of hydrogen-bond acceptors (Lipinski definition) is 4. The van der Waals surface area contributed by atoms with Crippen LogP contribution < -0.4 is 5.32 Å². The van der Waals surface area contributed by atoms with Crippen LogP contribution in [0.3, 0.4) is 0 Å². The van der Waals surface area contributed by atoms with E-state index in [2.05, 4.69) is 10.3 Å². The average Bonchev–Trinajstić information content (AvgIpc) is 2.68. The van der Waals surface area contributed by atoms with Gasteiger partial charge in [-0.25, -0.2) is 4.98 Å². The molecule has 1 heterocycles. The summed E-state index contributed by atoms with van der Waals surface area (Å²) >= 11 is 1.71. The smallest absolute Gasteiger partial charge is 0.0917 e. The molecule has 0 spiro atoms. The topological polar surface area (TPSA) is 45.2 Å². The number of nitrogens with zero attached hydrogens (tertiary/aromatic N) is 1. The molecule has 3 nitrogen and oxygen atoms in total. The van der Waals surface area contributed by atoms with Gasteiger partial charge in [-0.1, -0.05) is 24.3 Å². The molecule has 1 aromatic heterocycles. The summed E-state index contributed by atoms with van der Waals surface area (Å²) in [5, 5.41) is 14.6. The van der Waals surface area contributed by atoms with Crippen molar-refractivity contribution in [3.63, 3.8) is 0 Å². The normalized spacial score (nSPS) is 12.6. The lowest BCUT2D eigenvalue weighted by atomic mass is 10.0. The van der Waals surface area contributed by atoms with Gasteiger partial charge in [-0.05, 0) is 31.9 Å². The first kappa shape index (κ1) is 14.2. The van der Waals surface area contributed by atoms with Crippen LogP contribution in [-0.4, -0.2) is 16.6 Å². The summed E-state index contributed by atoms with van der Waals surface area (Å²) in [7, 11) is 0. The van der Waals surface area contributed by atoms with Gasteiger partial charge in [0.2, 0.25) is 0 Å². The third-order valence-corrected chi connectivity index (χ3v) is 4.24. The van der Waals surface area contributed by atoms with Crippen LogP contribution in [0.4, 0.5) is 0 Å². The first-order chi connectivity index (χ1) is 9.08. The summed E-state index contributed by atoms with van der Waals surface area (Å²) in [6, 6.07) is 7.95. The zero-order valence-electron chi connectivity index (χ0n) is 11.6. The fraction of sp³-hybridized carbons (Fsp3) is 0.400. The van der Waals surface area contributed by atoms with E-state index >= 15 is 0 Å². The molecule has 0 aliphatic rings. The second kappa shape index (κ2) is 6.28. The Hall–Kier alpha value is -1.23. The maximum Gasteiger partial charge on any atom is 0.0917 e. The Morgan fingerprint density at radius 3 is 2.63 bits per heavy atom. The van der Waals surface area contributed by atoms with Gasteiger partial charge in [0, 0.05) is 18.0 Å². The van der Waals surface area contributed by atoms with E-state index in [1.807, 2.05) is 45.0 Å².